The van der Waals surface area contributed by atoms with Crippen LogP contribution in [0.15, 0.2) is 22.4 Å². The molecular formula is C13H16N6S. The van der Waals surface area contributed by atoms with Gasteiger partial charge in [-0.05, 0) is 43.5 Å². The highest BCUT2D eigenvalue weighted by Crippen LogP contribution is 2.46. The van der Waals surface area contributed by atoms with Crippen molar-refractivity contribution in [3.8, 4) is 0 Å². The van der Waals surface area contributed by atoms with Crippen LogP contribution in [-0.4, -0.2) is 25.0 Å². The lowest BCUT2D eigenvalue weighted by molar-refractivity contribution is 0.626. The average Bonchev–Trinajstić information content (AvgIpc) is 3.39. The monoisotopic (exact) mass is 288 g/mol. The van der Waals surface area contributed by atoms with Crippen LogP contribution in [0.1, 0.15) is 49.0 Å². The Kier molecular flexibility index (Phi) is 2.96. The van der Waals surface area contributed by atoms with E-state index in [1.54, 1.807) is 6.20 Å². The van der Waals surface area contributed by atoms with Crippen LogP contribution in [0.25, 0.3) is 0 Å². The second-order valence-corrected chi connectivity index (χ2v) is 6.34. The predicted molar refractivity (Wildman–Crippen MR) is 74.3 cm³/mol. The highest BCUT2D eigenvalue weighted by atomic mass is 32.2. The van der Waals surface area contributed by atoms with Crippen molar-refractivity contribution in [2.24, 2.45) is 5.73 Å². The van der Waals surface area contributed by atoms with E-state index in [0.29, 0.717) is 18.5 Å². The molecule has 2 N–H and O–H groups in total. The second-order valence-electron chi connectivity index (χ2n) is 5.38. The highest BCUT2D eigenvalue weighted by Gasteiger charge is 2.36. The molecule has 0 unspecified atom stereocenters. The Bertz CT molecular complexity index is 632. The summed E-state index contributed by atoms with van der Waals surface area (Å²) in [5, 5.41) is 18.7. The Morgan fingerprint density at radius 1 is 1.20 bits per heavy atom. The molecule has 0 saturated heterocycles. The molecule has 0 atom stereocenters. The van der Waals surface area contributed by atoms with E-state index in [2.05, 4.69) is 25.0 Å². The molecule has 6 nitrogen and oxygen atoms in total. The highest BCUT2D eigenvalue weighted by molar-refractivity contribution is 7.99. The summed E-state index contributed by atoms with van der Waals surface area (Å²) in [6.07, 6.45) is 6.63. The van der Waals surface area contributed by atoms with E-state index in [1.807, 2.05) is 6.07 Å². The van der Waals surface area contributed by atoms with Crippen molar-refractivity contribution in [1.29, 1.82) is 0 Å². The maximum absolute atomic E-state index is 5.75. The minimum absolute atomic E-state index is 0.463. The molecule has 2 aliphatic rings. The molecule has 2 aromatic heterocycles. The first-order chi connectivity index (χ1) is 9.86. The number of hydrogen-bond donors (Lipinski definition) is 1. The van der Waals surface area contributed by atoms with Gasteiger partial charge in [-0.25, -0.2) is 0 Å². The quantitative estimate of drug-likeness (QED) is 0.904. The standard InChI is InChI=1S/C13H16N6S/c14-7-9-5-6-15-17-12(9)20-13-18-16-11(8-1-2-8)19(13)10-3-4-10/h5-6,8,10H,1-4,7,14H2. The molecule has 2 fully saturated rings. The van der Waals surface area contributed by atoms with Crippen LogP contribution < -0.4 is 5.73 Å². The fourth-order valence-corrected chi connectivity index (χ4v) is 3.29. The number of nitrogens with zero attached hydrogens (tertiary/aromatic N) is 5. The molecule has 7 heteroatoms. The van der Waals surface area contributed by atoms with Crippen molar-refractivity contribution >= 4 is 11.8 Å². The molecule has 20 heavy (non-hydrogen) atoms. The number of aromatic nitrogens is 5. The Morgan fingerprint density at radius 3 is 2.75 bits per heavy atom. The van der Waals surface area contributed by atoms with Gasteiger partial charge < -0.3 is 10.3 Å². The van der Waals surface area contributed by atoms with Gasteiger partial charge in [0.25, 0.3) is 0 Å². The van der Waals surface area contributed by atoms with Gasteiger partial charge in [-0.3, -0.25) is 0 Å². The third-order valence-electron chi connectivity index (χ3n) is 3.72. The number of hydrogen-bond acceptors (Lipinski definition) is 6. The summed E-state index contributed by atoms with van der Waals surface area (Å²) in [5.41, 5.74) is 6.76. The van der Waals surface area contributed by atoms with E-state index >= 15 is 0 Å². The minimum atomic E-state index is 0.463. The summed E-state index contributed by atoms with van der Waals surface area (Å²) in [6.45, 7) is 0.463. The Morgan fingerprint density at radius 2 is 2.05 bits per heavy atom. The first-order valence-electron chi connectivity index (χ1n) is 7.00. The van der Waals surface area contributed by atoms with E-state index in [1.165, 1.54) is 37.4 Å². The van der Waals surface area contributed by atoms with Gasteiger partial charge in [0, 0.05) is 30.3 Å². The maximum Gasteiger partial charge on any atom is 0.197 e. The molecule has 4 rings (SSSR count). The van der Waals surface area contributed by atoms with Gasteiger partial charge >= 0.3 is 0 Å². The summed E-state index contributed by atoms with van der Waals surface area (Å²) in [4.78, 5) is 0. The molecule has 0 bridgehead atoms. The zero-order valence-electron chi connectivity index (χ0n) is 11.1. The van der Waals surface area contributed by atoms with Gasteiger partial charge in [0.15, 0.2) is 5.16 Å². The Hall–Kier alpha value is -1.47. The van der Waals surface area contributed by atoms with Crippen molar-refractivity contribution in [3.63, 3.8) is 0 Å². The molecule has 0 spiro atoms. The topological polar surface area (TPSA) is 82.5 Å². The van der Waals surface area contributed by atoms with Crippen LogP contribution in [0.2, 0.25) is 0 Å². The van der Waals surface area contributed by atoms with Gasteiger partial charge in [-0.1, -0.05) is 0 Å². The van der Waals surface area contributed by atoms with E-state index in [9.17, 15) is 0 Å². The molecule has 0 radical (unpaired) electrons. The molecule has 104 valence electrons. The average molecular weight is 288 g/mol. The van der Waals surface area contributed by atoms with Gasteiger partial charge in [-0.2, -0.15) is 5.10 Å². The van der Waals surface area contributed by atoms with E-state index in [-0.39, 0.29) is 0 Å². The van der Waals surface area contributed by atoms with Gasteiger partial charge in [0.2, 0.25) is 0 Å². The summed E-state index contributed by atoms with van der Waals surface area (Å²) in [5.74, 6) is 1.78. The predicted octanol–water partition coefficient (Wildman–Crippen LogP) is 1.89. The van der Waals surface area contributed by atoms with Crippen LogP contribution in [0.3, 0.4) is 0 Å². The fourth-order valence-electron chi connectivity index (χ4n) is 2.33. The zero-order valence-corrected chi connectivity index (χ0v) is 11.9. The van der Waals surface area contributed by atoms with E-state index in [0.717, 1.165) is 21.6 Å². The van der Waals surface area contributed by atoms with E-state index < -0.39 is 0 Å². The van der Waals surface area contributed by atoms with Crippen LogP contribution in [0.5, 0.6) is 0 Å². The zero-order chi connectivity index (χ0) is 13.5. The lowest BCUT2D eigenvalue weighted by Gasteiger charge is -2.08. The first kappa shape index (κ1) is 12.3. The Balaban J connectivity index is 1.68. The van der Waals surface area contributed by atoms with Gasteiger partial charge in [0.1, 0.15) is 10.9 Å². The molecule has 2 aliphatic carbocycles. The third-order valence-corrected chi connectivity index (χ3v) is 4.72. The molecule has 0 amide bonds. The van der Waals surface area contributed by atoms with Crippen molar-refractivity contribution in [3.05, 3.63) is 23.7 Å². The maximum atomic E-state index is 5.75. The van der Waals surface area contributed by atoms with Crippen LogP contribution in [0, 0.1) is 0 Å². The summed E-state index contributed by atoms with van der Waals surface area (Å²) >= 11 is 1.54. The Labute approximate surface area is 121 Å². The largest absolute Gasteiger partial charge is 0.326 e. The van der Waals surface area contributed by atoms with Crippen LogP contribution in [-0.2, 0) is 6.54 Å². The molecule has 2 aromatic rings. The van der Waals surface area contributed by atoms with Crippen molar-refractivity contribution in [2.45, 2.75) is 54.4 Å². The third kappa shape index (κ3) is 2.20. The fraction of sp³-hybridized carbons (Fsp3) is 0.538. The summed E-state index contributed by atoms with van der Waals surface area (Å²) in [7, 11) is 0. The van der Waals surface area contributed by atoms with Crippen LogP contribution >= 0.6 is 11.8 Å². The molecule has 2 saturated carbocycles. The lowest BCUT2D eigenvalue weighted by atomic mass is 10.3. The first-order valence-corrected chi connectivity index (χ1v) is 7.81. The smallest absolute Gasteiger partial charge is 0.197 e. The molecule has 0 aliphatic heterocycles. The second kappa shape index (κ2) is 4.82. The molecule has 0 aromatic carbocycles. The lowest BCUT2D eigenvalue weighted by Crippen LogP contribution is -2.04. The normalized spacial score (nSPS) is 18.4. The van der Waals surface area contributed by atoms with Crippen molar-refractivity contribution in [1.82, 2.24) is 25.0 Å². The van der Waals surface area contributed by atoms with Gasteiger partial charge in [0.05, 0.1) is 0 Å². The number of nitrogens with two attached hydrogens (primary N) is 1. The van der Waals surface area contributed by atoms with Crippen molar-refractivity contribution < 1.29 is 0 Å². The SMILES string of the molecule is NCc1ccnnc1Sc1nnc(C2CC2)n1C1CC1. The number of rotatable bonds is 5. The van der Waals surface area contributed by atoms with Gasteiger partial charge in [-0.15, -0.1) is 15.3 Å². The van der Waals surface area contributed by atoms with Crippen LogP contribution in [0.4, 0.5) is 0 Å². The summed E-state index contributed by atoms with van der Waals surface area (Å²) < 4.78 is 2.32. The molecular weight excluding hydrogens is 272 g/mol. The molecule has 2 heterocycles. The minimum Gasteiger partial charge on any atom is -0.326 e. The van der Waals surface area contributed by atoms with Crippen molar-refractivity contribution in [2.75, 3.05) is 0 Å². The summed E-state index contributed by atoms with van der Waals surface area (Å²) in [6, 6.07) is 2.50. The van der Waals surface area contributed by atoms with E-state index in [4.69, 9.17) is 5.73 Å².